The maximum atomic E-state index is 10.3. The number of nitrogens with zero attached hydrogens (tertiary/aromatic N) is 2. The monoisotopic (exact) mass is 362 g/mol. The van der Waals surface area contributed by atoms with E-state index in [1.165, 1.54) is 19.3 Å². The molecule has 1 unspecified atom stereocenters. The molecule has 0 radical (unpaired) electrons. The lowest BCUT2D eigenvalue weighted by atomic mass is 10.1. The van der Waals surface area contributed by atoms with Crippen LogP contribution in [0.15, 0.2) is 30.4 Å². The van der Waals surface area contributed by atoms with Crippen molar-refractivity contribution in [2.24, 2.45) is 0 Å². The highest BCUT2D eigenvalue weighted by Crippen LogP contribution is 2.28. The van der Waals surface area contributed by atoms with Gasteiger partial charge in [-0.3, -0.25) is 4.90 Å². The third-order valence-electron chi connectivity index (χ3n) is 4.57. The predicted octanol–water partition coefficient (Wildman–Crippen LogP) is 2.93. The number of ether oxygens (including phenoxy) is 2. The fraction of sp³-hybridized carbons (Fsp3) is 0.619. The molecular weight excluding hydrogens is 328 g/mol. The Labute approximate surface area is 158 Å². The van der Waals surface area contributed by atoms with E-state index in [-0.39, 0.29) is 6.61 Å². The van der Waals surface area contributed by atoms with Crippen molar-refractivity contribution in [3.05, 3.63) is 35.9 Å². The van der Waals surface area contributed by atoms with Crippen LogP contribution in [0, 0.1) is 0 Å². The topological polar surface area (TPSA) is 45.2 Å². The van der Waals surface area contributed by atoms with Gasteiger partial charge in [0.25, 0.3) is 0 Å². The standard InChI is InChI=1S/C21H34N2O3/c1-17(2)13-22(3)14-18-8-9-20(25-4)21(12-18)26-16-19(24)15-23-10-6-5-7-11-23/h8-9,12,19,24H,1,5-7,10-11,13-16H2,2-4H3. The summed E-state index contributed by atoms with van der Waals surface area (Å²) in [7, 11) is 3.71. The molecule has 0 bridgehead atoms. The first-order chi connectivity index (χ1) is 12.5. The molecule has 146 valence electrons. The Morgan fingerprint density at radius 2 is 2.00 bits per heavy atom. The molecule has 1 atom stereocenters. The number of likely N-dealkylation sites (tertiary alicyclic amines) is 1. The van der Waals surface area contributed by atoms with Crippen LogP contribution in [0.3, 0.4) is 0 Å². The average molecular weight is 363 g/mol. The normalized spacial score (nSPS) is 16.5. The molecule has 0 spiro atoms. The zero-order valence-corrected chi connectivity index (χ0v) is 16.5. The molecule has 1 fully saturated rings. The number of piperidine rings is 1. The van der Waals surface area contributed by atoms with Crippen LogP contribution in [0.4, 0.5) is 0 Å². The average Bonchev–Trinajstić information content (AvgIpc) is 2.60. The number of hydrogen-bond acceptors (Lipinski definition) is 5. The van der Waals surface area contributed by atoms with Gasteiger partial charge in [-0.25, -0.2) is 0 Å². The smallest absolute Gasteiger partial charge is 0.161 e. The van der Waals surface area contributed by atoms with Gasteiger partial charge in [0.15, 0.2) is 11.5 Å². The van der Waals surface area contributed by atoms with Gasteiger partial charge in [-0.1, -0.05) is 24.6 Å². The van der Waals surface area contributed by atoms with E-state index in [9.17, 15) is 5.11 Å². The molecule has 1 aromatic rings. The molecule has 0 saturated carbocycles. The van der Waals surface area contributed by atoms with Crippen molar-refractivity contribution >= 4 is 0 Å². The summed E-state index contributed by atoms with van der Waals surface area (Å²) < 4.78 is 11.3. The largest absolute Gasteiger partial charge is 0.493 e. The summed E-state index contributed by atoms with van der Waals surface area (Å²) in [6, 6.07) is 5.97. The van der Waals surface area contributed by atoms with E-state index in [0.717, 1.165) is 37.3 Å². The molecule has 0 aromatic heterocycles. The van der Waals surface area contributed by atoms with E-state index < -0.39 is 6.10 Å². The maximum Gasteiger partial charge on any atom is 0.161 e. The van der Waals surface area contributed by atoms with Gasteiger partial charge in [0.05, 0.1) is 7.11 Å². The summed E-state index contributed by atoms with van der Waals surface area (Å²) in [6.07, 6.45) is 3.25. The lowest BCUT2D eigenvalue weighted by Crippen LogP contribution is -2.38. The number of β-amino-alcohol motifs (C(OH)–C–C–N with tert-alkyl or cyclic N) is 1. The highest BCUT2D eigenvalue weighted by Gasteiger charge is 2.16. The van der Waals surface area contributed by atoms with Crippen LogP contribution in [0.25, 0.3) is 0 Å². The van der Waals surface area contributed by atoms with Crippen LogP contribution in [-0.4, -0.2) is 68.0 Å². The van der Waals surface area contributed by atoms with Gasteiger partial charge in [-0.15, -0.1) is 0 Å². The molecule has 5 nitrogen and oxygen atoms in total. The van der Waals surface area contributed by atoms with E-state index in [4.69, 9.17) is 9.47 Å². The summed E-state index contributed by atoms with van der Waals surface area (Å²) in [5.74, 6) is 1.38. The lowest BCUT2D eigenvalue weighted by molar-refractivity contribution is 0.0608. The number of hydrogen-bond donors (Lipinski definition) is 1. The van der Waals surface area contributed by atoms with E-state index in [1.54, 1.807) is 7.11 Å². The second-order valence-electron chi connectivity index (χ2n) is 7.44. The molecule has 2 rings (SSSR count). The summed E-state index contributed by atoms with van der Waals surface area (Å²) in [6.45, 7) is 10.8. The van der Waals surface area contributed by atoms with E-state index in [2.05, 4.69) is 23.4 Å². The molecule has 1 aromatic carbocycles. The van der Waals surface area contributed by atoms with Crippen LogP contribution in [0.2, 0.25) is 0 Å². The van der Waals surface area contributed by atoms with E-state index >= 15 is 0 Å². The zero-order chi connectivity index (χ0) is 18.9. The number of methoxy groups -OCH3 is 1. The Hall–Kier alpha value is -1.56. The van der Waals surface area contributed by atoms with Crippen LogP contribution in [0.1, 0.15) is 31.7 Å². The number of rotatable bonds is 10. The first-order valence-electron chi connectivity index (χ1n) is 9.51. The molecule has 26 heavy (non-hydrogen) atoms. The quantitative estimate of drug-likeness (QED) is 0.649. The van der Waals surface area contributed by atoms with Crippen LogP contribution < -0.4 is 9.47 Å². The van der Waals surface area contributed by atoms with Crippen molar-refractivity contribution in [3.8, 4) is 11.5 Å². The van der Waals surface area contributed by atoms with E-state index in [1.807, 2.05) is 25.1 Å². The maximum absolute atomic E-state index is 10.3. The molecule has 0 aliphatic carbocycles. The van der Waals surface area contributed by atoms with Crippen molar-refractivity contribution in [2.45, 2.75) is 38.8 Å². The third kappa shape index (κ3) is 6.98. The van der Waals surface area contributed by atoms with E-state index in [0.29, 0.717) is 18.0 Å². The summed E-state index contributed by atoms with van der Waals surface area (Å²) >= 11 is 0. The molecule has 1 heterocycles. The van der Waals surface area contributed by atoms with Crippen LogP contribution in [0.5, 0.6) is 11.5 Å². The number of aliphatic hydroxyl groups excluding tert-OH is 1. The van der Waals surface area contributed by atoms with Crippen molar-refractivity contribution in [3.63, 3.8) is 0 Å². The Morgan fingerprint density at radius 1 is 1.27 bits per heavy atom. The minimum Gasteiger partial charge on any atom is -0.493 e. The van der Waals surface area contributed by atoms with Crippen molar-refractivity contribution < 1.29 is 14.6 Å². The lowest BCUT2D eigenvalue weighted by Gasteiger charge is -2.28. The summed E-state index contributed by atoms with van der Waals surface area (Å²) in [4.78, 5) is 4.52. The van der Waals surface area contributed by atoms with Gasteiger partial charge in [-0.05, 0) is 57.6 Å². The fourth-order valence-corrected chi connectivity index (χ4v) is 3.44. The van der Waals surface area contributed by atoms with Crippen molar-refractivity contribution in [1.82, 2.24) is 9.80 Å². The molecule has 1 N–H and O–H groups in total. The zero-order valence-electron chi connectivity index (χ0n) is 16.5. The number of aliphatic hydroxyl groups is 1. The summed E-state index contributed by atoms with van der Waals surface area (Å²) in [5.41, 5.74) is 2.29. The minimum absolute atomic E-state index is 0.276. The van der Waals surface area contributed by atoms with Gasteiger partial charge < -0.3 is 19.5 Å². The number of likely N-dealkylation sites (N-methyl/N-ethyl adjacent to an activating group) is 1. The van der Waals surface area contributed by atoms with Crippen molar-refractivity contribution in [2.75, 3.05) is 46.9 Å². The van der Waals surface area contributed by atoms with Crippen LogP contribution >= 0.6 is 0 Å². The predicted molar refractivity (Wildman–Crippen MR) is 106 cm³/mol. The Balaban J connectivity index is 1.91. The van der Waals surface area contributed by atoms with Gasteiger partial charge in [0.2, 0.25) is 0 Å². The van der Waals surface area contributed by atoms with Gasteiger partial charge >= 0.3 is 0 Å². The molecule has 1 aliphatic heterocycles. The minimum atomic E-state index is -0.493. The van der Waals surface area contributed by atoms with Gasteiger partial charge in [-0.2, -0.15) is 0 Å². The highest BCUT2D eigenvalue weighted by atomic mass is 16.5. The summed E-state index contributed by atoms with van der Waals surface area (Å²) in [5, 5.41) is 10.3. The first kappa shape index (κ1) is 20.7. The Morgan fingerprint density at radius 3 is 2.65 bits per heavy atom. The Bertz CT molecular complexity index is 570. The molecule has 0 amide bonds. The van der Waals surface area contributed by atoms with Crippen molar-refractivity contribution in [1.29, 1.82) is 0 Å². The first-order valence-corrected chi connectivity index (χ1v) is 9.51. The SMILES string of the molecule is C=C(C)CN(C)Cc1ccc(OC)c(OCC(O)CN2CCCCC2)c1. The molecule has 5 heteroatoms. The fourth-order valence-electron chi connectivity index (χ4n) is 3.44. The molecule has 1 saturated heterocycles. The van der Waals surface area contributed by atoms with Crippen LogP contribution in [-0.2, 0) is 6.54 Å². The Kier molecular flexibility index (Phi) is 8.42. The van der Waals surface area contributed by atoms with Gasteiger partial charge in [0, 0.05) is 19.6 Å². The third-order valence-corrected chi connectivity index (χ3v) is 4.57. The van der Waals surface area contributed by atoms with Gasteiger partial charge in [0.1, 0.15) is 12.7 Å². The highest BCUT2D eigenvalue weighted by molar-refractivity contribution is 5.43. The molecular formula is C21H34N2O3. The number of benzene rings is 1. The molecule has 1 aliphatic rings. The second-order valence-corrected chi connectivity index (χ2v) is 7.44. The second kappa shape index (κ2) is 10.6.